The van der Waals surface area contributed by atoms with E-state index in [2.05, 4.69) is 35.7 Å². The van der Waals surface area contributed by atoms with Gasteiger partial charge in [-0.1, -0.05) is 12.1 Å². The molecule has 3 aromatic heterocycles. The van der Waals surface area contributed by atoms with Crippen molar-refractivity contribution in [1.82, 2.24) is 24.7 Å². The number of carbonyl (C=O) groups excluding carboxylic acids is 1. The number of nitrogens with one attached hydrogen (secondary N) is 1. The predicted octanol–water partition coefficient (Wildman–Crippen LogP) is 3.12. The summed E-state index contributed by atoms with van der Waals surface area (Å²) < 4.78 is 1.86. The van der Waals surface area contributed by atoms with Crippen molar-refractivity contribution in [2.75, 3.05) is 5.73 Å². The first-order valence-electron chi connectivity index (χ1n) is 7.96. The number of nitrogens with zero attached hydrogens (tertiary/aromatic N) is 4. The summed E-state index contributed by atoms with van der Waals surface area (Å²) in [4.78, 5) is 22.8. The van der Waals surface area contributed by atoms with Gasteiger partial charge in [0, 0.05) is 16.5 Å². The lowest BCUT2D eigenvalue weighted by Crippen LogP contribution is -2.23. The molecule has 0 bridgehead atoms. The van der Waals surface area contributed by atoms with Gasteiger partial charge in [0.1, 0.15) is 24.1 Å². The minimum Gasteiger partial charge on any atom is -0.383 e. The number of anilines is 1. The van der Waals surface area contributed by atoms with Crippen LogP contribution in [0.15, 0.2) is 30.6 Å². The van der Waals surface area contributed by atoms with Crippen molar-refractivity contribution in [3.05, 3.63) is 36.2 Å². The number of aromatic amines is 1. The van der Waals surface area contributed by atoms with Crippen LogP contribution in [0.4, 0.5) is 5.82 Å². The molecular weight excluding hydrogens is 316 g/mol. The van der Waals surface area contributed by atoms with Gasteiger partial charge in [-0.05, 0) is 32.9 Å². The lowest BCUT2D eigenvalue weighted by molar-refractivity contribution is 0.112. The fourth-order valence-corrected chi connectivity index (χ4v) is 2.98. The molecule has 0 saturated heterocycles. The summed E-state index contributed by atoms with van der Waals surface area (Å²) in [5.41, 5.74) is 9.57. The van der Waals surface area contributed by atoms with E-state index < -0.39 is 0 Å². The van der Waals surface area contributed by atoms with Crippen molar-refractivity contribution >= 4 is 34.0 Å². The van der Waals surface area contributed by atoms with Gasteiger partial charge >= 0.3 is 0 Å². The largest absolute Gasteiger partial charge is 0.383 e. The first kappa shape index (κ1) is 15.3. The van der Waals surface area contributed by atoms with E-state index in [1.54, 1.807) is 6.07 Å². The first-order valence-corrected chi connectivity index (χ1v) is 7.96. The van der Waals surface area contributed by atoms with Gasteiger partial charge in [-0.3, -0.25) is 4.79 Å². The van der Waals surface area contributed by atoms with Crippen LogP contribution < -0.4 is 5.73 Å². The Balaban J connectivity index is 2.02. The molecule has 0 amide bonds. The molecule has 1 aromatic carbocycles. The summed E-state index contributed by atoms with van der Waals surface area (Å²) in [7, 11) is 0. The molecule has 4 aromatic rings. The van der Waals surface area contributed by atoms with Gasteiger partial charge in [0.05, 0.1) is 16.6 Å². The van der Waals surface area contributed by atoms with Gasteiger partial charge in [0.25, 0.3) is 0 Å². The number of benzene rings is 1. The van der Waals surface area contributed by atoms with E-state index in [1.807, 2.05) is 22.9 Å². The highest BCUT2D eigenvalue weighted by molar-refractivity contribution is 6.00. The Morgan fingerprint density at radius 2 is 2.00 bits per heavy atom. The summed E-state index contributed by atoms with van der Waals surface area (Å²) in [6.45, 7) is 6.18. The summed E-state index contributed by atoms with van der Waals surface area (Å²) in [6.07, 6.45) is 2.28. The molecule has 7 heteroatoms. The van der Waals surface area contributed by atoms with Crippen LogP contribution >= 0.6 is 0 Å². The maximum atomic E-state index is 11.0. The van der Waals surface area contributed by atoms with Crippen LogP contribution in [-0.4, -0.2) is 31.0 Å². The Morgan fingerprint density at radius 3 is 2.72 bits per heavy atom. The molecular formula is C18H18N6O. The monoisotopic (exact) mass is 334 g/mol. The van der Waals surface area contributed by atoms with Gasteiger partial charge in [-0.15, -0.1) is 0 Å². The van der Waals surface area contributed by atoms with E-state index in [0.717, 1.165) is 28.3 Å². The van der Waals surface area contributed by atoms with Gasteiger partial charge in [-0.25, -0.2) is 14.6 Å². The van der Waals surface area contributed by atoms with E-state index >= 15 is 0 Å². The molecule has 3 N–H and O–H groups in total. The van der Waals surface area contributed by atoms with E-state index in [-0.39, 0.29) is 5.54 Å². The molecule has 0 spiro atoms. The van der Waals surface area contributed by atoms with Crippen LogP contribution in [0.2, 0.25) is 0 Å². The average Bonchev–Trinajstić information content (AvgIpc) is 3.15. The van der Waals surface area contributed by atoms with E-state index in [4.69, 9.17) is 10.8 Å². The number of aldehydes is 1. The van der Waals surface area contributed by atoms with E-state index in [9.17, 15) is 4.79 Å². The third kappa shape index (κ3) is 2.36. The highest BCUT2D eigenvalue weighted by Gasteiger charge is 2.24. The first-order chi connectivity index (χ1) is 11.9. The standard InChI is InChI=1S/C18H18N6O/c1-18(2,3)24-17-14(16(19)20-9-21-17)15(23-24)13-7-11-5-4-10(8-25)6-12(11)22-13/h4-9,22H,1-3H3,(H2,19,20,21). The second kappa shape index (κ2) is 5.14. The summed E-state index contributed by atoms with van der Waals surface area (Å²) in [5, 5.41) is 6.48. The Morgan fingerprint density at radius 1 is 1.20 bits per heavy atom. The smallest absolute Gasteiger partial charge is 0.164 e. The number of rotatable bonds is 2. The quantitative estimate of drug-likeness (QED) is 0.548. The number of hydrogen-bond acceptors (Lipinski definition) is 5. The lowest BCUT2D eigenvalue weighted by Gasteiger charge is -2.19. The molecule has 0 aliphatic carbocycles. The molecule has 0 aliphatic rings. The molecule has 25 heavy (non-hydrogen) atoms. The molecule has 126 valence electrons. The molecule has 0 fully saturated rings. The average molecular weight is 334 g/mol. The van der Waals surface area contributed by atoms with Crippen molar-refractivity contribution in [1.29, 1.82) is 0 Å². The van der Waals surface area contributed by atoms with Gasteiger partial charge in [0.2, 0.25) is 0 Å². The molecule has 7 nitrogen and oxygen atoms in total. The minimum atomic E-state index is -0.256. The highest BCUT2D eigenvalue weighted by Crippen LogP contribution is 2.33. The van der Waals surface area contributed by atoms with Crippen molar-refractivity contribution < 1.29 is 4.79 Å². The van der Waals surface area contributed by atoms with E-state index in [0.29, 0.717) is 22.7 Å². The summed E-state index contributed by atoms with van der Waals surface area (Å²) in [6, 6.07) is 7.50. The number of aromatic nitrogens is 5. The number of nitrogens with two attached hydrogens (primary N) is 1. The van der Waals surface area contributed by atoms with Gasteiger partial charge in [-0.2, -0.15) is 5.10 Å². The Kier molecular flexibility index (Phi) is 3.15. The van der Waals surface area contributed by atoms with Crippen LogP contribution in [0.5, 0.6) is 0 Å². The van der Waals surface area contributed by atoms with E-state index in [1.165, 1.54) is 6.33 Å². The Bertz CT molecular complexity index is 1120. The Labute approximate surface area is 143 Å². The summed E-state index contributed by atoms with van der Waals surface area (Å²) in [5.74, 6) is 0.391. The van der Waals surface area contributed by atoms with Crippen molar-refractivity contribution in [2.45, 2.75) is 26.3 Å². The Hall–Kier alpha value is -3.22. The fraction of sp³-hybridized carbons (Fsp3) is 0.222. The maximum Gasteiger partial charge on any atom is 0.164 e. The third-order valence-corrected chi connectivity index (χ3v) is 4.17. The van der Waals surface area contributed by atoms with Crippen molar-refractivity contribution in [3.8, 4) is 11.4 Å². The molecule has 4 rings (SSSR count). The second-order valence-electron chi connectivity index (χ2n) is 7.04. The topological polar surface area (TPSA) is 102 Å². The predicted molar refractivity (Wildman–Crippen MR) is 97.4 cm³/mol. The van der Waals surface area contributed by atoms with Crippen LogP contribution in [0.1, 0.15) is 31.1 Å². The third-order valence-electron chi connectivity index (χ3n) is 4.17. The maximum absolute atomic E-state index is 11.0. The zero-order valence-corrected chi connectivity index (χ0v) is 14.2. The zero-order chi connectivity index (χ0) is 17.8. The van der Waals surface area contributed by atoms with Crippen molar-refractivity contribution in [3.63, 3.8) is 0 Å². The second-order valence-corrected chi connectivity index (χ2v) is 7.04. The van der Waals surface area contributed by atoms with Gasteiger partial charge in [0.15, 0.2) is 5.65 Å². The number of nitrogen functional groups attached to an aromatic ring is 1. The number of carbonyl (C=O) groups is 1. The van der Waals surface area contributed by atoms with Crippen LogP contribution in [0.25, 0.3) is 33.3 Å². The molecule has 0 unspecified atom stereocenters. The fourth-order valence-electron chi connectivity index (χ4n) is 2.98. The molecule has 0 atom stereocenters. The van der Waals surface area contributed by atoms with Crippen LogP contribution in [-0.2, 0) is 5.54 Å². The van der Waals surface area contributed by atoms with Gasteiger partial charge < -0.3 is 10.7 Å². The number of fused-ring (bicyclic) bond motifs is 2. The normalized spacial score (nSPS) is 12.1. The molecule has 0 aliphatic heterocycles. The lowest BCUT2D eigenvalue weighted by atomic mass is 10.1. The minimum absolute atomic E-state index is 0.256. The highest BCUT2D eigenvalue weighted by atomic mass is 16.1. The van der Waals surface area contributed by atoms with Crippen LogP contribution in [0.3, 0.4) is 0 Å². The summed E-state index contributed by atoms with van der Waals surface area (Å²) >= 11 is 0. The van der Waals surface area contributed by atoms with Crippen LogP contribution in [0, 0.1) is 0 Å². The SMILES string of the molecule is CC(C)(C)n1nc(-c2cc3ccc(C=O)cc3[nH]2)c2c(N)ncnc21. The van der Waals surface area contributed by atoms with Crippen molar-refractivity contribution in [2.24, 2.45) is 0 Å². The number of hydrogen-bond donors (Lipinski definition) is 2. The number of H-pyrrole nitrogens is 1. The molecule has 0 radical (unpaired) electrons. The zero-order valence-electron chi connectivity index (χ0n) is 14.2. The molecule has 3 heterocycles. The molecule has 0 saturated carbocycles.